The normalized spacial score (nSPS) is 21.4. The van der Waals surface area contributed by atoms with Crippen LogP contribution < -0.4 is 0 Å². The van der Waals surface area contributed by atoms with Gasteiger partial charge < -0.3 is 4.98 Å². The number of thioether (sulfide) groups is 1. The summed E-state index contributed by atoms with van der Waals surface area (Å²) in [5.74, 6) is 2.78. The summed E-state index contributed by atoms with van der Waals surface area (Å²) in [6.07, 6.45) is 12.3. The minimum atomic E-state index is 0.693. The lowest BCUT2D eigenvalue weighted by molar-refractivity contribution is 0.516. The van der Waals surface area contributed by atoms with E-state index in [0.29, 0.717) is 5.92 Å². The predicted molar refractivity (Wildman–Crippen MR) is 88.8 cm³/mol. The molecule has 0 radical (unpaired) electrons. The minimum Gasteiger partial charge on any atom is -0.346 e. The SMILES string of the molecule is S=c1cc(C2CCCC2)[nH]c(CSC2CCCCC2)n1. The van der Waals surface area contributed by atoms with Gasteiger partial charge in [-0.3, -0.25) is 0 Å². The molecule has 20 heavy (non-hydrogen) atoms. The smallest absolute Gasteiger partial charge is 0.130 e. The van der Waals surface area contributed by atoms with Gasteiger partial charge in [-0.2, -0.15) is 11.8 Å². The fourth-order valence-electron chi connectivity index (χ4n) is 3.48. The summed E-state index contributed by atoms with van der Waals surface area (Å²) >= 11 is 7.42. The van der Waals surface area contributed by atoms with Crippen LogP contribution in [0, 0.1) is 4.64 Å². The van der Waals surface area contributed by atoms with Gasteiger partial charge in [0, 0.05) is 10.9 Å². The molecule has 2 aliphatic carbocycles. The van der Waals surface area contributed by atoms with Gasteiger partial charge in [0.25, 0.3) is 0 Å². The lowest BCUT2D eigenvalue weighted by Gasteiger charge is -2.21. The second kappa shape index (κ2) is 7.08. The Morgan fingerprint density at radius 2 is 1.80 bits per heavy atom. The van der Waals surface area contributed by atoms with Gasteiger partial charge >= 0.3 is 0 Å². The molecule has 0 saturated heterocycles. The van der Waals surface area contributed by atoms with E-state index >= 15 is 0 Å². The van der Waals surface area contributed by atoms with Gasteiger partial charge in [-0.15, -0.1) is 0 Å². The van der Waals surface area contributed by atoms with Crippen molar-refractivity contribution in [2.75, 3.05) is 0 Å². The van der Waals surface area contributed by atoms with Crippen LogP contribution in [0.5, 0.6) is 0 Å². The third-order valence-electron chi connectivity index (χ3n) is 4.62. The third-order valence-corrected chi connectivity index (χ3v) is 6.21. The molecule has 0 aromatic carbocycles. The van der Waals surface area contributed by atoms with Crippen LogP contribution in [-0.2, 0) is 5.75 Å². The van der Waals surface area contributed by atoms with Gasteiger partial charge in [-0.1, -0.05) is 44.3 Å². The van der Waals surface area contributed by atoms with Crippen LogP contribution >= 0.6 is 24.0 Å². The Balaban J connectivity index is 1.64. The predicted octanol–water partition coefficient (Wildman–Crippen LogP) is 5.36. The standard InChI is InChI=1S/C16H24N2S2/c19-16-10-14(12-6-4-5-7-12)17-15(18-16)11-20-13-8-2-1-3-9-13/h10,12-13H,1-9,11H2,(H,17,18,19). The van der Waals surface area contributed by atoms with Crippen LogP contribution in [-0.4, -0.2) is 15.2 Å². The van der Waals surface area contributed by atoms with Crippen LogP contribution in [0.25, 0.3) is 0 Å². The van der Waals surface area contributed by atoms with Gasteiger partial charge in [-0.05, 0) is 37.7 Å². The molecule has 4 heteroatoms. The van der Waals surface area contributed by atoms with Crippen LogP contribution in [0.3, 0.4) is 0 Å². The number of aromatic amines is 1. The summed E-state index contributed by atoms with van der Waals surface area (Å²) in [7, 11) is 0. The number of rotatable bonds is 4. The van der Waals surface area contributed by atoms with E-state index in [9.17, 15) is 0 Å². The molecule has 0 atom stereocenters. The lowest BCUT2D eigenvalue weighted by Crippen LogP contribution is -2.09. The van der Waals surface area contributed by atoms with Crippen molar-refractivity contribution in [2.45, 2.75) is 74.7 Å². The van der Waals surface area contributed by atoms with E-state index in [0.717, 1.165) is 21.5 Å². The zero-order valence-corrected chi connectivity index (χ0v) is 13.7. The van der Waals surface area contributed by atoms with Crippen LogP contribution in [0.2, 0.25) is 0 Å². The average molecular weight is 309 g/mol. The molecule has 0 unspecified atom stereocenters. The average Bonchev–Trinajstić information content (AvgIpc) is 3.00. The van der Waals surface area contributed by atoms with E-state index in [4.69, 9.17) is 12.2 Å². The molecule has 1 aromatic heterocycles. The monoisotopic (exact) mass is 308 g/mol. The third kappa shape index (κ3) is 3.85. The van der Waals surface area contributed by atoms with E-state index in [1.54, 1.807) is 0 Å². The van der Waals surface area contributed by atoms with Crippen molar-refractivity contribution in [2.24, 2.45) is 0 Å². The highest BCUT2D eigenvalue weighted by atomic mass is 32.2. The second-order valence-corrected chi connectivity index (χ2v) is 7.88. The van der Waals surface area contributed by atoms with Gasteiger partial charge in [-0.25, -0.2) is 4.98 Å². The first-order valence-electron chi connectivity index (χ1n) is 8.03. The Kier molecular flexibility index (Phi) is 5.16. The molecule has 110 valence electrons. The Morgan fingerprint density at radius 1 is 1.10 bits per heavy atom. The summed E-state index contributed by atoms with van der Waals surface area (Å²) in [5, 5.41) is 0.836. The first-order valence-corrected chi connectivity index (χ1v) is 9.49. The van der Waals surface area contributed by atoms with Crippen molar-refractivity contribution in [1.29, 1.82) is 0 Å². The zero-order valence-electron chi connectivity index (χ0n) is 12.1. The molecule has 1 heterocycles. The molecule has 0 spiro atoms. The summed E-state index contributed by atoms with van der Waals surface area (Å²) in [6.45, 7) is 0. The zero-order chi connectivity index (χ0) is 13.8. The molecule has 3 rings (SSSR count). The Labute approximate surface area is 131 Å². The molecule has 0 aliphatic heterocycles. The van der Waals surface area contributed by atoms with E-state index in [2.05, 4.69) is 27.8 Å². The number of hydrogen-bond acceptors (Lipinski definition) is 3. The summed E-state index contributed by atoms with van der Waals surface area (Å²) in [4.78, 5) is 8.10. The van der Waals surface area contributed by atoms with Crippen LogP contribution in [0.15, 0.2) is 6.07 Å². The molecule has 1 N–H and O–H groups in total. The van der Waals surface area contributed by atoms with Crippen molar-refractivity contribution < 1.29 is 0 Å². The Hall–Kier alpha value is -0.350. The van der Waals surface area contributed by atoms with E-state index in [1.165, 1.54) is 63.5 Å². The fourth-order valence-corrected chi connectivity index (χ4v) is 4.92. The maximum atomic E-state index is 5.35. The van der Waals surface area contributed by atoms with E-state index < -0.39 is 0 Å². The Bertz CT molecular complexity index is 485. The van der Waals surface area contributed by atoms with Crippen molar-refractivity contribution >= 4 is 24.0 Å². The van der Waals surface area contributed by atoms with E-state index in [1.807, 2.05) is 0 Å². The van der Waals surface area contributed by atoms with Crippen molar-refractivity contribution in [1.82, 2.24) is 9.97 Å². The largest absolute Gasteiger partial charge is 0.346 e. The van der Waals surface area contributed by atoms with E-state index in [-0.39, 0.29) is 0 Å². The van der Waals surface area contributed by atoms with Crippen molar-refractivity contribution in [3.05, 3.63) is 22.2 Å². The summed E-state index contributed by atoms with van der Waals surface area (Å²) in [6, 6.07) is 2.08. The topological polar surface area (TPSA) is 28.7 Å². The highest BCUT2D eigenvalue weighted by Crippen LogP contribution is 2.34. The number of hydrogen-bond donors (Lipinski definition) is 1. The highest BCUT2D eigenvalue weighted by Gasteiger charge is 2.19. The number of aromatic nitrogens is 2. The van der Waals surface area contributed by atoms with Crippen molar-refractivity contribution in [3.63, 3.8) is 0 Å². The summed E-state index contributed by atoms with van der Waals surface area (Å²) < 4.78 is 0.768. The maximum Gasteiger partial charge on any atom is 0.130 e. The molecule has 1 aromatic rings. The molecule has 0 amide bonds. The molecule has 2 nitrogen and oxygen atoms in total. The Morgan fingerprint density at radius 3 is 2.55 bits per heavy atom. The van der Waals surface area contributed by atoms with Gasteiger partial charge in [0.2, 0.25) is 0 Å². The van der Waals surface area contributed by atoms with Crippen LogP contribution in [0.1, 0.15) is 75.2 Å². The van der Waals surface area contributed by atoms with Gasteiger partial charge in [0.15, 0.2) is 0 Å². The lowest BCUT2D eigenvalue weighted by atomic mass is 10.0. The van der Waals surface area contributed by atoms with Crippen LogP contribution in [0.4, 0.5) is 0 Å². The molecule has 2 fully saturated rings. The quantitative estimate of drug-likeness (QED) is 0.759. The first-order chi connectivity index (χ1) is 9.81. The number of nitrogens with one attached hydrogen (secondary N) is 1. The minimum absolute atomic E-state index is 0.693. The number of nitrogens with zero attached hydrogens (tertiary/aromatic N) is 1. The molecular weight excluding hydrogens is 284 g/mol. The maximum absolute atomic E-state index is 5.35. The van der Waals surface area contributed by atoms with Crippen molar-refractivity contribution in [3.8, 4) is 0 Å². The first kappa shape index (κ1) is 14.6. The van der Waals surface area contributed by atoms with Gasteiger partial charge in [0.1, 0.15) is 10.5 Å². The van der Waals surface area contributed by atoms with Gasteiger partial charge in [0.05, 0.1) is 5.75 Å². The summed E-state index contributed by atoms with van der Waals surface area (Å²) in [5.41, 5.74) is 1.33. The molecule has 2 aliphatic rings. The number of H-pyrrole nitrogens is 1. The molecular formula is C16H24N2S2. The highest BCUT2D eigenvalue weighted by molar-refractivity contribution is 7.99. The molecule has 0 bridgehead atoms. The molecule has 2 saturated carbocycles. The fraction of sp³-hybridized carbons (Fsp3) is 0.750. The second-order valence-electron chi connectivity index (χ2n) is 6.17.